The molecule has 33 nitrogen and oxygen atoms in total. The molecule has 4 N–H and O–H groups in total. The number of halogens is 2. The molecule has 5 fully saturated rings. The lowest BCUT2D eigenvalue weighted by Crippen LogP contribution is -2.53. The number of thioether (sulfide) groups is 5. The van der Waals surface area contributed by atoms with Crippen LogP contribution < -0.4 is 35.6 Å². The third-order valence-electron chi connectivity index (χ3n) is 18.8. The third-order valence-corrected chi connectivity index (χ3v) is 24.6. The van der Waals surface area contributed by atoms with Gasteiger partial charge in [-0.2, -0.15) is 58.8 Å². The first-order valence-electron chi connectivity index (χ1n) is 36.2. The monoisotopic (exact) mass is 1700 g/mol. The number of carbonyl (C=O) groups is 8. The molecule has 9 aliphatic heterocycles. The Morgan fingerprint density at radius 3 is 1.47 bits per heavy atom. The van der Waals surface area contributed by atoms with Crippen LogP contribution in [0.15, 0.2) is 91.7 Å². The summed E-state index contributed by atoms with van der Waals surface area (Å²) in [6.45, 7) is 9.92. The number of aliphatic hydroxyl groups excluding tert-OH is 1. The van der Waals surface area contributed by atoms with Crippen LogP contribution in [-0.2, 0) is 60.8 Å². The molecule has 5 saturated heterocycles. The van der Waals surface area contributed by atoms with Gasteiger partial charge < -0.3 is 64.3 Å². The van der Waals surface area contributed by atoms with Crippen molar-refractivity contribution in [3.8, 4) is 0 Å². The zero-order valence-corrected chi connectivity index (χ0v) is 68.5. The summed E-state index contributed by atoms with van der Waals surface area (Å²) < 4.78 is 23.5. The highest BCUT2D eigenvalue weighted by Crippen LogP contribution is 2.39. The second-order valence-electron chi connectivity index (χ2n) is 26.0. The van der Waals surface area contributed by atoms with Crippen molar-refractivity contribution in [3.63, 3.8) is 0 Å². The summed E-state index contributed by atoms with van der Waals surface area (Å²) in [4.78, 5) is 145. The van der Waals surface area contributed by atoms with Gasteiger partial charge >= 0.3 is 41.2 Å². The summed E-state index contributed by atoms with van der Waals surface area (Å²) >= 11 is 20.3. The molecule has 0 radical (unpaired) electrons. The average Bonchev–Trinajstić information content (AvgIpc) is 0.786. The fraction of sp³-hybridized carbons (Fsp3) is 0.446. The molecule has 40 heteroatoms. The summed E-state index contributed by atoms with van der Waals surface area (Å²) in [6, 6.07) is 14.7. The minimum Gasteiger partial charge on any atom is -0.466 e. The maximum atomic E-state index is 12.5. The molecule has 5 unspecified atom stereocenters. The first kappa shape index (κ1) is 87.1. The number of aliphatic hydroxyl groups is 1. The number of esters is 5. The minimum absolute atomic E-state index is 0.000278. The Bertz CT molecular complexity index is 4540. The second kappa shape index (κ2) is 42.4. The molecule has 0 spiro atoms. The summed E-state index contributed by atoms with van der Waals surface area (Å²) in [7, 11) is 3.67. The van der Waals surface area contributed by atoms with Gasteiger partial charge in [0.15, 0.2) is 17.5 Å². The zero-order valence-electron chi connectivity index (χ0n) is 62.9. The Balaban J connectivity index is 0.000000149. The first-order valence-corrected chi connectivity index (χ1v) is 42.8. The van der Waals surface area contributed by atoms with E-state index in [1.807, 2.05) is 53.7 Å². The van der Waals surface area contributed by atoms with Crippen molar-refractivity contribution in [2.45, 2.75) is 70.4 Å². The molecule has 14 heterocycles. The van der Waals surface area contributed by atoms with Gasteiger partial charge in [0.2, 0.25) is 28.7 Å². The molecule has 15 rings (SSSR count). The summed E-state index contributed by atoms with van der Waals surface area (Å²) in [5.41, 5.74) is 6.16. The van der Waals surface area contributed by atoms with Crippen LogP contribution in [-0.4, -0.2) is 248 Å². The molecule has 5 atom stereocenters. The number of anilines is 7. The number of nitrogens with one attached hydrogen (secondary N) is 3. The summed E-state index contributed by atoms with van der Waals surface area (Å²) in [6.07, 6.45) is 12.9. The van der Waals surface area contributed by atoms with Gasteiger partial charge in [-0.05, 0) is 91.5 Å². The molecule has 9 aliphatic rings. The number of nitrogens with zero attached hydrogens (tertiary/aromatic N) is 12. The molecule has 5 aromatic heterocycles. The first-order chi connectivity index (χ1) is 55.1. The molecule has 0 bridgehead atoms. The van der Waals surface area contributed by atoms with Gasteiger partial charge in [-0.1, -0.05) is 41.4 Å². The second-order valence-corrected chi connectivity index (χ2v) is 32.6. The summed E-state index contributed by atoms with van der Waals surface area (Å²) in [5, 5.41) is 40.1. The molecule has 1 aromatic carbocycles. The van der Waals surface area contributed by atoms with Crippen molar-refractivity contribution in [3.05, 3.63) is 155 Å². The Labute approximate surface area is 687 Å². The smallest absolute Gasteiger partial charge is 0.339 e. The Hall–Kier alpha value is -9.28. The summed E-state index contributed by atoms with van der Waals surface area (Å²) in [5.74, 6) is 9.25. The van der Waals surface area contributed by atoms with Crippen LogP contribution in [0.4, 0.5) is 51.7 Å². The zero-order chi connectivity index (χ0) is 81.5. The Kier molecular flexibility index (Phi) is 32.4. The maximum absolute atomic E-state index is 12.5. The lowest BCUT2D eigenvalue weighted by Gasteiger charge is -2.39. The number of methoxy groups -OCH3 is 3. The number of rotatable bonds is 14. The van der Waals surface area contributed by atoms with Crippen molar-refractivity contribution in [2.24, 2.45) is 5.92 Å². The molecule has 608 valence electrons. The van der Waals surface area contributed by atoms with Crippen LogP contribution >= 0.6 is 82.0 Å². The number of nitro groups is 2. The van der Waals surface area contributed by atoms with E-state index in [0.29, 0.717) is 47.2 Å². The van der Waals surface area contributed by atoms with Gasteiger partial charge in [0.25, 0.3) is 0 Å². The predicted octanol–water partition coefficient (Wildman–Crippen LogP) is 9.47. The van der Waals surface area contributed by atoms with E-state index in [4.69, 9.17) is 42.8 Å². The van der Waals surface area contributed by atoms with Crippen LogP contribution in [0.3, 0.4) is 0 Å². The number of aromatic nitrogens is 5. The van der Waals surface area contributed by atoms with Crippen LogP contribution in [0.1, 0.15) is 80.9 Å². The quantitative estimate of drug-likeness (QED) is 0.0259. The maximum Gasteiger partial charge on any atom is 0.339 e. The molecule has 3 amide bonds. The van der Waals surface area contributed by atoms with Crippen molar-refractivity contribution in [1.82, 2.24) is 29.8 Å². The standard InChI is InChI=1S/C22H23ClN4OS.C14H17N3O6S.C12H13N3O3S.C11H13N3O2S.C8H14O2S.C7H5ClN2O4/c23-18-3-1-16(2-4-18)17-5-7-26(8-6-17)13-15-11-19-21(24-12-15)27-9-10-29-14-20(27)22(28)25-19;1-3-23-14(19)11-8-24-5-4-16(11)12-10(17(20)21)6-9(7-15-12)13(18)22-2;1-18-12(17)7-4-8-10(13-5-7)15-2-3-19-6-9(15)11(16)14-8;15-5-7-3-8-10(12-4-7)14-1-2-17-6-9(14)11(16)13-8;1-2-10-8(9)7-4-3-5-11-6-7;1-14-7(11)4-2-5(10(12)13)6(8)9-3-4/h1-5,11-12,20H,6-10,13-14H2,(H,25,28);6-7,11H,3-5,8H2,1-2H3;4-5,9H,2-3,6H2,1H3,(H,14,16);3-4,9,15H,1-2,5-6H2,(H,13,16);7H,2-6H2,1H3;2-3H,1H3. The number of amides is 3. The Morgan fingerprint density at radius 2 is 0.991 bits per heavy atom. The van der Waals surface area contributed by atoms with Crippen molar-refractivity contribution >= 4 is 187 Å². The van der Waals surface area contributed by atoms with Crippen LogP contribution in [0, 0.1) is 26.1 Å². The van der Waals surface area contributed by atoms with E-state index < -0.39 is 45.5 Å². The number of carbonyl (C=O) groups excluding carboxylic acids is 8. The third kappa shape index (κ3) is 22.4. The number of fused-ring (bicyclic) bond motifs is 9. The van der Waals surface area contributed by atoms with E-state index in [1.54, 1.807) is 65.4 Å². The number of ether oxygens (including phenoxy) is 5. The molecule has 6 aromatic rings. The van der Waals surface area contributed by atoms with Crippen LogP contribution in [0.5, 0.6) is 0 Å². The average molecular weight is 1700 g/mol. The van der Waals surface area contributed by atoms with Gasteiger partial charge in [-0.15, -0.1) is 0 Å². The lowest BCUT2D eigenvalue weighted by molar-refractivity contribution is -0.385. The minimum atomic E-state index is -0.720. The van der Waals surface area contributed by atoms with Gasteiger partial charge in [0.05, 0.1) is 90.7 Å². The fourth-order valence-electron chi connectivity index (χ4n) is 13.0. The SMILES string of the molecule is CCOC(=O)C1CCCSC1.CCOC(=O)C1CSCCN1c1ncc(C(=O)OC)cc1[N+](=O)[O-].COC(=O)c1cnc(Cl)c([N+](=O)[O-])c1.COC(=O)c1cnc2c(c1)NC(=O)C1CSCCN21.O=C1Nc2cc(CN3CC=C(c4ccc(Cl)cc4)CC3)cnc2N2CCSCC12.O=C1Nc2cc(CO)cnc2N2CCSCC12. The van der Waals surface area contributed by atoms with E-state index in [9.17, 15) is 58.6 Å². The van der Waals surface area contributed by atoms with E-state index in [1.165, 1.54) is 50.6 Å². The number of benzene rings is 1. The number of hydrogen-bond donors (Lipinski definition) is 4. The molecular formula is C74H85Cl2N15O18S5. The normalized spacial score (nSPS) is 19.7. The highest BCUT2D eigenvalue weighted by Gasteiger charge is 2.40. The molecule has 0 aliphatic carbocycles. The van der Waals surface area contributed by atoms with Crippen molar-refractivity contribution in [1.29, 1.82) is 0 Å². The lowest BCUT2D eigenvalue weighted by atomic mass is 9.99. The van der Waals surface area contributed by atoms with E-state index in [-0.39, 0.29) is 88.7 Å². The highest BCUT2D eigenvalue weighted by atomic mass is 35.5. The predicted molar refractivity (Wildman–Crippen MR) is 442 cm³/mol. The topological polar surface area (TPSA) is 406 Å². The fourth-order valence-corrected chi connectivity index (χ4v) is 18.6. The van der Waals surface area contributed by atoms with Crippen LogP contribution in [0.2, 0.25) is 10.2 Å². The van der Waals surface area contributed by atoms with Crippen molar-refractivity contribution < 1.29 is 77.0 Å². The Morgan fingerprint density at radius 1 is 0.544 bits per heavy atom. The largest absolute Gasteiger partial charge is 0.466 e. The van der Waals surface area contributed by atoms with E-state index in [0.717, 1.165) is 151 Å². The van der Waals surface area contributed by atoms with E-state index in [2.05, 4.69) is 89.1 Å². The van der Waals surface area contributed by atoms with Crippen molar-refractivity contribution in [2.75, 3.05) is 167 Å². The van der Waals surface area contributed by atoms with Gasteiger partial charge in [-0.3, -0.25) is 44.3 Å². The molecule has 114 heavy (non-hydrogen) atoms. The molecule has 0 saturated carbocycles. The molecular weight excluding hydrogens is 1620 g/mol. The van der Waals surface area contributed by atoms with Gasteiger partial charge in [-0.25, -0.2) is 44.1 Å². The van der Waals surface area contributed by atoms with E-state index >= 15 is 0 Å². The number of pyridine rings is 5. The van der Waals surface area contributed by atoms with Gasteiger partial charge in [0, 0.05) is 146 Å². The number of hydrogen-bond acceptors (Lipinski definition) is 33. The van der Waals surface area contributed by atoms with Gasteiger partial charge in [0.1, 0.15) is 24.2 Å². The van der Waals surface area contributed by atoms with Crippen LogP contribution in [0.25, 0.3) is 5.57 Å². The highest BCUT2D eigenvalue weighted by molar-refractivity contribution is 8.00.